The maximum atomic E-state index is 11.4. The summed E-state index contributed by atoms with van der Waals surface area (Å²) in [7, 11) is 1.43. The third-order valence-corrected chi connectivity index (χ3v) is 3.74. The third-order valence-electron chi connectivity index (χ3n) is 3.74. The van der Waals surface area contributed by atoms with Gasteiger partial charge in [-0.1, -0.05) is 19.8 Å². The Morgan fingerprint density at radius 3 is 2.38 bits per heavy atom. The van der Waals surface area contributed by atoms with Gasteiger partial charge in [-0.05, 0) is 24.7 Å². The minimum atomic E-state index is -0.133. The first-order valence-corrected chi connectivity index (χ1v) is 6.20. The van der Waals surface area contributed by atoms with Crippen LogP contribution < -0.4 is 0 Å². The Balaban J connectivity index is 2.51. The fourth-order valence-electron chi connectivity index (χ4n) is 2.60. The van der Waals surface area contributed by atoms with Crippen molar-refractivity contribution in [2.24, 2.45) is 5.41 Å². The summed E-state index contributed by atoms with van der Waals surface area (Å²) in [5.74, 6) is 0.169. The van der Waals surface area contributed by atoms with Crippen LogP contribution in [0.1, 0.15) is 58.3 Å². The summed E-state index contributed by atoms with van der Waals surface area (Å²) in [6, 6.07) is 0. The molecule has 1 fully saturated rings. The quantitative estimate of drug-likeness (QED) is 0.654. The van der Waals surface area contributed by atoms with E-state index >= 15 is 0 Å². The van der Waals surface area contributed by atoms with Crippen molar-refractivity contribution in [1.82, 2.24) is 0 Å². The molecule has 1 aliphatic rings. The van der Waals surface area contributed by atoms with Crippen LogP contribution in [0.15, 0.2) is 0 Å². The average molecular weight is 226 g/mol. The molecule has 0 unspecified atom stereocenters. The van der Waals surface area contributed by atoms with Crippen molar-refractivity contribution in [3.8, 4) is 0 Å². The molecular formula is C13H22O3. The number of carbonyl (C=O) groups is 2. The number of rotatable bonds is 6. The molecule has 1 aliphatic carbocycles. The highest BCUT2D eigenvalue weighted by Crippen LogP contribution is 2.45. The van der Waals surface area contributed by atoms with Crippen molar-refractivity contribution in [2.75, 3.05) is 7.11 Å². The fraction of sp³-hybridized carbons (Fsp3) is 0.846. The highest BCUT2D eigenvalue weighted by atomic mass is 16.5. The number of carbonyl (C=O) groups excluding carboxylic acids is 2. The second-order valence-electron chi connectivity index (χ2n) is 4.85. The lowest BCUT2D eigenvalue weighted by Crippen LogP contribution is -2.23. The van der Waals surface area contributed by atoms with Gasteiger partial charge in [-0.3, -0.25) is 9.59 Å². The van der Waals surface area contributed by atoms with Crippen molar-refractivity contribution in [1.29, 1.82) is 0 Å². The summed E-state index contributed by atoms with van der Waals surface area (Å²) in [6.45, 7) is 1.89. The van der Waals surface area contributed by atoms with Crippen molar-refractivity contribution in [2.45, 2.75) is 58.3 Å². The van der Waals surface area contributed by atoms with E-state index in [-0.39, 0.29) is 11.4 Å². The highest BCUT2D eigenvalue weighted by Gasteiger charge is 2.36. The fourth-order valence-corrected chi connectivity index (χ4v) is 2.60. The summed E-state index contributed by atoms with van der Waals surface area (Å²) in [6.07, 6.45) is 7.06. The number of ether oxygens (including phenoxy) is 1. The molecule has 0 heterocycles. The number of methoxy groups -OCH3 is 1. The number of hydrogen-bond donors (Lipinski definition) is 0. The van der Waals surface area contributed by atoms with Gasteiger partial charge >= 0.3 is 5.97 Å². The molecule has 0 amide bonds. The van der Waals surface area contributed by atoms with Gasteiger partial charge in [-0.15, -0.1) is 0 Å². The molecule has 0 spiro atoms. The van der Waals surface area contributed by atoms with E-state index < -0.39 is 0 Å². The van der Waals surface area contributed by atoms with Crippen LogP contribution in [0.2, 0.25) is 0 Å². The Morgan fingerprint density at radius 2 is 1.88 bits per heavy atom. The van der Waals surface area contributed by atoms with E-state index in [4.69, 9.17) is 4.74 Å². The summed E-state index contributed by atoms with van der Waals surface area (Å²) in [4.78, 5) is 22.7. The summed E-state index contributed by atoms with van der Waals surface area (Å²) in [5, 5.41) is 0. The molecule has 0 aliphatic heterocycles. The summed E-state index contributed by atoms with van der Waals surface area (Å²) >= 11 is 0. The van der Waals surface area contributed by atoms with Crippen LogP contribution in [0.5, 0.6) is 0 Å². The van der Waals surface area contributed by atoms with E-state index in [9.17, 15) is 9.59 Å². The van der Waals surface area contributed by atoms with E-state index in [2.05, 4.69) is 0 Å². The molecule has 0 N–H and O–H groups in total. The Labute approximate surface area is 97.5 Å². The van der Waals surface area contributed by atoms with Gasteiger partial charge in [0.15, 0.2) is 0 Å². The molecule has 0 saturated heterocycles. The smallest absolute Gasteiger partial charge is 0.306 e. The van der Waals surface area contributed by atoms with Crippen molar-refractivity contribution in [3.63, 3.8) is 0 Å². The Bertz CT molecular complexity index is 252. The van der Waals surface area contributed by atoms with E-state index in [0.717, 1.165) is 19.3 Å². The van der Waals surface area contributed by atoms with Crippen LogP contribution in [0.4, 0.5) is 0 Å². The van der Waals surface area contributed by atoms with Gasteiger partial charge < -0.3 is 4.74 Å². The van der Waals surface area contributed by atoms with Crippen LogP contribution in [0, 0.1) is 5.41 Å². The molecule has 0 aromatic rings. The lowest BCUT2D eigenvalue weighted by atomic mass is 9.78. The van der Waals surface area contributed by atoms with E-state index in [1.54, 1.807) is 0 Å². The number of hydrogen-bond acceptors (Lipinski definition) is 3. The average Bonchev–Trinajstić information content (AvgIpc) is 2.74. The van der Waals surface area contributed by atoms with Gasteiger partial charge in [0.2, 0.25) is 0 Å². The minimum Gasteiger partial charge on any atom is -0.469 e. The molecule has 0 aromatic carbocycles. The van der Waals surface area contributed by atoms with Crippen molar-refractivity contribution in [3.05, 3.63) is 0 Å². The van der Waals surface area contributed by atoms with E-state index in [1.807, 2.05) is 6.92 Å². The van der Waals surface area contributed by atoms with E-state index in [1.165, 1.54) is 20.0 Å². The van der Waals surface area contributed by atoms with Gasteiger partial charge in [-0.2, -0.15) is 0 Å². The SMILES string of the molecule is CCC(=O)CCC1(CC(=O)OC)CCCC1. The second kappa shape index (κ2) is 6.02. The second-order valence-corrected chi connectivity index (χ2v) is 4.85. The molecule has 1 rings (SSSR count). The molecule has 0 bridgehead atoms. The highest BCUT2D eigenvalue weighted by molar-refractivity contribution is 5.78. The lowest BCUT2D eigenvalue weighted by Gasteiger charge is -2.27. The predicted octanol–water partition coefficient (Wildman–Crippen LogP) is 2.87. The van der Waals surface area contributed by atoms with Crippen LogP contribution >= 0.6 is 0 Å². The van der Waals surface area contributed by atoms with Crippen molar-refractivity contribution >= 4 is 11.8 Å². The zero-order chi connectivity index (χ0) is 12.0. The largest absolute Gasteiger partial charge is 0.469 e. The number of esters is 1. The van der Waals surface area contributed by atoms with Crippen LogP contribution in [0.25, 0.3) is 0 Å². The van der Waals surface area contributed by atoms with Gasteiger partial charge in [-0.25, -0.2) is 0 Å². The van der Waals surface area contributed by atoms with Crippen LogP contribution in [-0.2, 0) is 14.3 Å². The van der Waals surface area contributed by atoms with E-state index in [0.29, 0.717) is 25.0 Å². The Hall–Kier alpha value is -0.860. The van der Waals surface area contributed by atoms with Gasteiger partial charge in [0.05, 0.1) is 13.5 Å². The molecule has 0 radical (unpaired) electrons. The van der Waals surface area contributed by atoms with Gasteiger partial charge in [0, 0.05) is 12.8 Å². The molecule has 1 saturated carbocycles. The van der Waals surface area contributed by atoms with Crippen molar-refractivity contribution < 1.29 is 14.3 Å². The standard InChI is InChI=1S/C13H22O3/c1-3-11(14)6-9-13(7-4-5-8-13)10-12(15)16-2/h3-10H2,1-2H3. The number of ketones is 1. The monoisotopic (exact) mass is 226 g/mol. The van der Waals surface area contributed by atoms with Crippen LogP contribution in [-0.4, -0.2) is 18.9 Å². The number of Topliss-reactive ketones (excluding diaryl/α,β-unsaturated/α-hetero) is 1. The first kappa shape index (κ1) is 13.2. The van der Waals surface area contributed by atoms with Gasteiger partial charge in [0.1, 0.15) is 5.78 Å². The summed E-state index contributed by atoms with van der Waals surface area (Å²) < 4.78 is 4.75. The molecule has 3 nitrogen and oxygen atoms in total. The molecule has 92 valence electrons. The molecular weight excluding hydrogens is 204 g/mol. The summed E-state index contributed by atoms with van der Waals surface area (Å²) in [5.41, 5.74) is 0.0535. The normalized spacial score (nSPS) is 18.4. The van der Waals surface area contributed by atoms with Gasteiger partial charge in [0.25, 0.3) is 0 Å². The zero-order valence-electron chi connectivity index (χ0n) is 10.4. The molecule has 0 aromatic heterocycles. The minimum absolute atomic E-state index is 0.0535. The molecule has 0 atom stereocenters. The first-order valence-electron chi connectivity index (χ1n) is 6.20. The maximum Gasteiger partial charge on any atom is 0.306 e. The lowest BCUT2D eigenvalue weighted by molar-refractivity contribution is -0.143. The zero-order valence-corrected chi connectivity index (χ0v) is 10.4. The topological polar surface area (TPSA) is 43.4 Å². The molecule has 16 heavy (non-hydrogen) atoms. The molecule has 3 heteroatoms. The Kier molecular flexibility index (Phi) is 4.97. The first-order chi connectivity index (χ1) is 7.62. The Morgan fingerprint density at radius 1 is 1.25 bits per heavy atom. The van der Waals surface area contributed by atoms with Crippen LogP contribution in [0.3, 0.4) is 0 Å². The third kappa shape index (κ3) is 3.62. The predicted molar refractivity (Wildman–Crippen MR) is 62.1 cm³/mol. The maximum absolute atomic E-state index is 11.4.